The molecule has 1 saturated heterocycles. The molecule has 2 fully saturated rings. The number of carbonyl (C=O) groups excluding carboxylic acids is 2. The first kappa shape index (κ1) is 14.4. The summed E-state index contributed by atoms with van der Waals surface area (Å²) in [5.74, 6) is 1.26. The molecule has 4 unspecified atom stereocenters. The third kappa shape index (κ3) is 2.77. The maximum Gasteiger partial charge on any atom is 0.246 e. The molecule has 1 heterocycles. The molecule has 0 aromatic rings. The van der Waals surface area contributed by atoms with Crippen molar-refractivity contribution in [2.75, 3.05) is 0 Å². The van der Waals surface area contributed by atoms with Crippen molar-refractivity contribution in [3.05, 3.63) is 0 Å². The van der Waals surface area contributed by atoms with E-state index in [-0.39, 0.29) is 35.9 Å². The summed E-state index contributed by atoms with van der Waals surface area (Å²) >= 11 is 0. The maximum absolute atomic E-state index is 12.7. The van der Waals surface area contributed by atoms with Gasteiger partial charge in [-0.3, -0.25) is 9.59 Å². The van der Waals surface area contributed by atoms with Gasteiger partial charge in [-0.15, -0.1) is 0 Å². The molecule has 19 heavy (non-hydrogen) atoms. The largest absolute Gasteiger partial charge is 0.342 e. The summed E-state index contributed by atoms with van der Waals surface area (Å²) in [4.78, 5) is 26.9. The normalized spacial score (nSPS) is 35.0. The molecule has 4 heteroatoms. The molecule has 1 saturated carbocycles. The third-order valence-electron chi connectivity index (χ3n) is 4.20. The van der Waals surface area contributed by atoms with Gasteiger partial charge in [-0.05, 0) is 30.6 Å². The van der Waals surface area contributed by atoms with Crippen molar-refractivity contribution in [1.29, 1.82) is 0 Å². The van der Waals surface area contributed by atoms with E-state index < -0.39 is 0 Å². The molecule has 1 aliphatic heterocycles. The molecule has 4 nitrogen and oxygen atoms in total. The molecule has 2 rings (SSSR count). The molecule has 0 spiro atoms. The van der Waals surface area contributed by atoms with Crippen LogP contribution in [0.5, 0.6) is 0 Å². The molecule has 0 aromatic heterocycles. The Morgan fingerprint density at radius 2 is 1.84 bits per heavy atom. The van der Waals surface area contributed by atoms with Gasteiger partial charge < -0.3 is 10.2 Å². The molecular weight excluding hydrogens is 240 g/mol. The van der Waals surface area contributed by atoms with Crippen LogP contribution in [0.15, 0.2) is 0 Å². The molecule has 0 bridgehead atoms. The van der Waals surface area contributed by atoms with Gasteiger partial charge in [0.2, 0.25) is 11.8 Å². The number of carbonyl (C=O) groups is 2. The topological polar surface area (TPSA) is 49.4 Å². The van der Waals surface area contributed by atoms with Crippen molar-refractivity contribution in [1.82, 2.24) is 10.2 Å². The highest BCUT2D eigenvalue weighted by molar-refractivity contribution is 5.97. The lowest BCUT2D eigenvalue weighted by atomic mass is 9.93. The van der Waals surface area contributed by atoms with E-state index in [4.69, 9.17) is 0 Å². The zero-order valence-electron chi connectivity index (χ0n) is 12.6. The van der Waals surface area contributed by atoms with Crippen LogP contribution < -0.4 is 5.32 Å². The maximum atomic E-state index is 12.7. The molecule has 1 N–H and O–H groups in total. The van der Waals surface area contributed by atoms with Gasteiger partial charge in [0.15, 0.2) is 0 Å². The first-order valence-electron chi connectivity index (χ1n) is 7.45. The summed E-state index contributed by atoms with van der Waals surface area (Å²) < 4.78 is 0. The summed E-state index contributed by atoms with van der Waals surface area (Å²) in [6, 6.07) is -0.332. The van der Waals surface area contributed by atoms with Gasteiger partial charge in [0.05, 0.1) is 0 Å². The fraction of sp³-hybridized carbons (Fsp3) is 0.867. The van der Waals surface area contributed by atoms with Crippen molar-refractivity contribution in [3.63, 3.8) is 0 Å². The van der Waals surface area contributed by atoms with Gasteiger partial charge in [-0.2, -0.15) is 0 Å². The molecule has 4 atom stereocenters. The minimum Gasteiger partial charge on any atom is -0.342 e. The van der Waals surface area contributed by atoms with Crippen molar-refractivity contribution in [2.45, 2.75) is 65.6 Å². The zero-order chi connectivity index (χ0) is 14.3. The number of nitrogens with zero attached hydrogens (tertiary/aromatic N) is 1. The second kappa shape index (κ2) is 5.14. The van der Waals surface area contributed by atoms with Crippen LogP contribution in [0, 0.1) is 17.8 Å². The third-order valence-corrected chi connectivity index (χ3v) is 4.20. The van der Waals surface area contributed by atoms with E-state index in [9.17, 15) is 9.59 Å². The zero-order valence-corrected chi connectivity index (χ0v) is 12.6. The quantitative estimate of drug-likeness (QED) is 0.843. The average molecular weight is 266 g/mol. The van der Waals surface area contributed by atoms with Crippen LogP contribution in [0.25, 0.3) is 0 Å². The summed E-state index contributed by atoms with van der Waals surface area (Å²) in [6.45, 7) is 10.3. The standard InChI is InChI=1S/C15H26N2O2/c1-8(2)6-11-15(19)17(12-7-10(12)5)13(9(3)4)14(18)16-11/h8-13H,6-7H2,1-5H3,(H,16,18). The average Bonchev–Trinajstić information content (AvgIpc) is 2.98. The van der Waals surface area contributed by atoms with Gasteiger partial charge in [0, 0.05) is 6.04 Å². The number of piperazine rings is 1. The van der Waals surface area contributed by atoms with E-state index in [0.29, 0.717) is 11.8 Å². The van der Waals surface area contributed by atoms with Crippen molar-refractivity contribution in [3.8, 4) is 0 Å². The number of rotatable bonds is 4. The summed E-state index contributed by atoms with van der Waals surface area (Å²) in [6.07, 6.45) is 1.77. The number of amides is 2. The predicted molar refractivity (Wildman–Crippen MR) is 74.4 cm³/mol. The Kier molecular flexibility index (Phi) is 3.88. The van der Waals surface area contributed by atoms with E-state index in [1.807, 2.05) is 18.7 Å². The molecule has 1 aliphatic carbocycles. The Labute approximate surface area is 115 Å². The first-order chi connectivity index (χ1) is 8.82. The van der Waals surface area contributed by atoms with Crippen LogP contribution in [0.4, 0.5) is 0 Å². The van der Waals surface area contributed by atoms with Gasteiger partial charge in [-0.25, -0.2) is 0 Å². The van der Waals surface area contributed by atoms with E-state index in [1.165, 1.54) is 0 Å². The lowest BCUT2D eigenvalue weighted by Crippen LogP contribution is -2.65. The Bertz CT molecular complexity index is 378. The molecule has 0 aromatic carbocycles. The second-order valence-corrected chi connectivity index (χ2v) is 6.91. The molecule has 108 valence electrons. The Balaban J connectivity index is 2.21. The number of hydrogen-bond donors (Lipinski definition) is 1. The fourth-order valence-electron chi connectivity index (χ4n) is 3.08. The van der Waals surface area contributed by atoms with Gasteiger partial charge in [-0.1, -0.05) is 34.6 Å². The van der Waals surface area contributed by atoms with Crippen molar-refractivity contribution >= 4 is 11.8 Å². The lowest BCUT2D eigenvalue weighted by Gasteiger charge is -2.41. The molecular formula is C15H26N2O2. The Morgan fingerprint density at radius 1 is 1.26 bits per heavy atom. The summed E-state index contributed by atoms with van der Waals surface area (Å²) in [7, 11) is 0. The minimum atomic E-state index is -0.324. The summed E-state index contributed by atoms with van der Waals surface area (Å²) in [5.41, 5.74) is 0. The highest BCUT2D eigenvalue weighted by Crippen LogP contribution is 2.39. The monoisotopic (exact) mass is 266 g/mol. The van der Waals surface area contributed by atoms with Gasteiger partial charge in [0.25, 0.3) is 0 Å². The van der Waals surface area contributed by atoms with Crippen molar-refractivity contribution in [2.24, 2.45) is 17.8 Å². The van der Waals surface area contributed by atoms with Crippen LogP contribution >= 0.6 is 0 Å². The van der Waals surface area contributed by atoms with E-state index in [0.717, 1.165) is 12.8 Å². The van der Waals surface area contributed by atoms with Crippen molar-refractivity contribution < 1.29 is 9.59 Å². The summed E-state index contributed by atoms with van der Waals surface area (Å²) in [5, 5.41) is 2.93. The Hall–Kier alpha value is -1.06. The van der Waals surface area contributed by atoms with Crippen LogP contribution in [-0.4, -0.2) is 34.8 Å². The first-order valence-corrected chi connectivity index (χ1v) is 7.45. The van der Waals surface area contributed by atoms with Gasteiger partial charge >= 0.3 is 0 Å². The lowest BCUT2D eigenvalue weighted by molar-refractivity contribution is -0.152. The SMILES string of the molecule is CC(C)CC1NC(=O)C(C(C)C)N(C2CC2C)C1=O. The number of nitrogens with one attached hydrogen (secondary N) is 1. The van der Waals surface area contributed by atoms with E-state index in [1.54, 1.807) is 0 Å². The molecule has 2 amide bonds. The smallest absolute Gasteiger partial charge is 0.246 e. The minimum absolute atomic E-state index is 0.0272. The van der Waals surface area contributed by atoms with Crippen LogP contribution in [0.2, 0.25) is 0 Å². The molecule has 0 radical (unpaired) electrons. The van der Waals surface area contributed by atoms with Crippen LogP contribution in [-0.2, 0) is 9.59 Å². The van der Waals surface area contributed by atoms with E-state index >= 15 is 0 Å². The van der Waals surface area contributed by atoms with Crippen LogP contribution in [0.1, 0.15) is 47.5 Å². The number of hydrogen-bond acceptors (Lipinski definition) is 2. The second-order valence-electron chi connectivity index (χ2n) is 6.91. The highest BCUT2D eigenvalue weighted by Gasteiger charge is 2.51. The van der Waals surface area contributed by atoms with Gasteiger partial charge in [0.1, 0.15) is 12.1 Å². The molecule has 2 aliphatic rings. The predicted octanol–water partition coefficient (Wildman–Crippen LogP) is 1.79. The Morgan fingerprint density at radius 3 is 2.26 bits per heavy atom. The highest BCUT2D eigenvalue weighted by atomic mass is 16.2. The van der Waals surface area contributed by atoms with Crippen LogP contribution in [0.3, 0.4) is 0 Å². The van der Waals surface area contributed by atoms with E-state index in [2.05, 4.69) is 26.1 Å². The fourth-order valence-corrected chi connectivity index (χ4v) is 3.08.